The molecule has 1 aromatic heterocycles. The lowest BCUT2D eigenvalue weighted by Crippen LogP contribution is -2.27. The standard InChI is InChI=1S/C15H14FN3O2/c1-9-7-10(3-5-12(9)16)4-6-13-18-8-11(14(20)17-2)15(21)19-13/h3-8H,1-2H3,(H,17,20)(H,18,19,21)/b6-4-. The molecule has 1 heterocycles. The summed E-state index contributed by atoms with van der Waals surface area (Å²) in [5, 5.41) is 2.36. The molecule has 0 bridgehead atoms. The summed E-state index contributed by atoms with van der Waals surface area (Å²) in [5.41, 5.74) is 0.757. The van der Waals surface area contributed by atoms with Crippen LogP contribution in [0.4, 0.5) is 4.39 Å². The Morgan fingerprint density at radius 1 is 1.38 bits per heavy atom. The molecule has 1 amide bonds. The molecule has 5 nitrogen and oxygen atoms in total. The molecule has 108 valence electrons. The highest BCUT2D eigenvalue weighted by atomic mass is 19.1. The van der Waals surface area contributed by atoms with Crippen LogP contribution >= 0.6 is 0 Å². The molecular weight excluding hydrogens is 273 g/mol. The van der Waals surface area contributed by atoms with Gasteiger partial charge in [0.05, 0.1) is 0 Å². The zero-order chi connectivity index (χ0) is 15.4. The molecule has 0 unspecified atom stereocenters. The second-order valence-electron chi connectivity index (χ2n) is 4.43. The number of hydrogen-bond acceptors (Lipinski definition) is 3. The number of aromatic nitrogens is 2. The highest BCUT2D eigenvalue weighted by Gasteiger charge is 2.08. The van der Waals surface area contributed by atoms with E-state index in [2.05, 4.69) is 15.3 Å². The fraction of sp³-hybridized carbons (Fsp3) is 0.133. The second kappa shape index (κ2) is 6.13. The van der Waals surface area contributed by atoms with E-state index < -0.39 is 11.5 Å². The topological polar surface area (TPSA) is 74.8 Å². The lowest BCUT2D eigenvalue weighted by molar-refractivity contribution is 0.0961. The maximum atomic E-state index is 13.1. The molecule has 2 rings (SSSR count). The third-order valence-electron chi connectivity index (χ3n) is 2.91. The van der Waals surface area contributed by atoms with Gasteiger partial charge in [-0.1, -0.05) is 12.1 Å². The maximum Gasteiger partial charge on any atom is 0.263 e. The SMILES string of the molecule is CNC(=O)c1cnc(/C=C\c2ccc(F)c(C)c2)[nH]c1=O. The van der Waals surface area contributed by atoms with Crippen molar-refractivity contribution in [3.63, 3.8) is 0 Å². The van der Waals surface area contributed by atoms with Gasteiger partial charge < -0.3 is 10.3 Å². The molecule has 0 saturated carbocycles. The van der Waals surface area contributed by atoms with Crippen LogP contribution in [0.15, 0.2) is 29.2 Å². The van der Waals surface area contributed by atoms with E-state index in [0.717, 1.165) is 5.56 Å². The predicted octanol–water partition coefficient (Wildman–Crippen LogP) is 1.75. The first-order valence-electron chi connectivity index (χ1n) is 6.27. The van der Waals surface area contributed by atoms with Gasteiger partial charge in [0.25, 0.3) is 11.5 Å². The quantitative estimate of drug-likeness (QED) is 0.903. The van der Waals surface area contributed by atoms with Gasteiger partial charge >= 0.3 is 0 Å². The van der Waals surface area contributed by atoms with E-state index in [-0.39, 0.29) is 11.4 Å². The van der Waals surface area contributed by atoms with E-state index in [4.69, 9.17) is 0 Å². The number of rotatable bonds is 3. The van der Waals surface area contributed by atoms with Crippen molar-refractivity contribution in [2.75, 3.05) is 7.05 Å². The zero-order valence-electron chi connectivity index (χ0n) is 11.6. The smallest absolute Gasteiger partial charge is 0.263 e. The number of carbonyl (C=O) groups excluding carboxylic acids is 1. The molecule has 0 atom stereocenters. The molecule has 0 spiro atoms. The summed E-state index contributed by atoms with van der Waals surface area (Å²) in [6.07, 6.45) is 4.50. The number of hydrogen-bond donors (Lipinski definition) is 2. The Kier molecular flexibility index (Phi) is 4.27. The Balaban J connectivity index is 2.25. The van der Waals surface area contributed by atoms with Crippen molar-refractivity contribution >= 4 is 18.1 Å². The van der Waals surface area contributed by atoms with E-state index in [1.807, 2.05) is 0 Å². The minimum absolute atomic E-state index is 0.0488. The molecule has 6 heteroatoms. The first-order valence-corrected chi connectivity index (χ1v) is 6.27. The third kappa shape index (κ3) is 3.42. The van der Waals surface area contributed by atoms with Gasteiger partial charge in [0.15, 0.2) is 0 Å². The molecule has 1 aromatic carbocycles. The minimum Gasteiger partial charge on any atom is -0.355 e. The number of aromatic amines is 1. The Morgan fingerprint density at radius 3 is 2.76 bits per heavy atom. The van der Waals surface area contributed by atoms with Gasteiger partial charge in [-0.3, -0.25) is 9.59 Å². The van der Waals surface area contributed by atoms with Crippen LogP contribution in [-0.2, 0) is 0 Å². The van der Waals surface area contributed by atoms with Gasteiger partial charge in [0.1, 0.15) is 17.2 Å². The summed E-state index contributed by atoms with van der Waals surface area (Å²) in [6, 6.07) is 4.68. The van der Waals surface area contributed by atoms with Gasteiger partial charge in [-0.15, -0.1) is 0 Å². The fourth-order valence-corrected chi connectivity index (χ4v) is 1.74. The number of nitrogens with one attached hydrogen (secondary N) is 2. The number of carbonyl (C=O) groups is 1. The van der Waals surface area contributed by atoms with Crippen molar-refractivity contribution in [1.29, 1.82) is 0 Å². The molecule has 0 radical (unpaired) electrons. The highest BCUT2D eigenvalue weighted by Crippen LogP contribution is 2.11. The van der Waals surface area contributed by atoms with Crippen molar-refractivity contribution in [3.8, 4) is 0 Å². The second-order valence-corrected chi connectivity index (χ2v) is 4.43. The van der Waals surface area contributed by atoms with Gasteiger partial charge in [0.2, 0.25) is 0 Å². The van der Waals surface area contributed by atoms with Crippen molar-refractivity contribution in [2.24, 2.45) is 0 Å². The summed E-state index contributed by atoms with van der Waals surface area (Å²) >= 11 is 0. The number of amides is 1. The average Bonchev–Trinajstić information content (AvgIpc) is 2.48. The first-order chi connectivity index (χ1) is 10.0. The monoisotopic (exact) mass is 287 g/mol. The van der Waals surface area contributed by atoms with E-state index >= 15 is 0 Å². The summed E-state index contributed by atoms with van der Waals surface area (Å²) in [4.78, 5) is 29.6. The number of nitrogens with zero attached hydrogens (tertiary/aromatic N) is 1. The first kappa shape index (κ1) is 14.6. The molecule has 0 aliphatic carbocycles. The number of halogens is 1. The van der Waals surface area contributed by atoms with Crippen molar-refractivity contribution in [2.45, 2.75) is 6.92 Å². The van der Waals surface area contributed by atoms with Crippen molar-refractivity contribution in [3.05, 3.63) is 63.1 Å². The highest BCUT2D eigenvalue weighted by molar-refractivity contribution is 5.93. The van der Waals surface area contributed by atoms with Gasteiger partial charge in [0, 0.05) is 13.2 Å². The largest absolute Gasteiger partial charge is 0.355 e. The normalized spacial score (nSPS) is 10.8. The zero-order valence-corrected chi connectivity index (χ0v) is 11.6. The predicted molar refractivity (Wildman–Crippen MR) is 78.3 cm³/mol. The van der Waals surface area contributed by atoms with E-state index in [1.54, 1.807) is 31.2 Å². The van der Waals surface area contributed by atoms with Crippen LogP contribution in [0.2, 0.25) is 0 Å². The molecule has 0 saturated heterocycles. The summed E-state index contributed by atoms with van der Waals surface area (Å²) < 4.78 is 13.1. The molecule has 0 aliphatic rings. The Labute approximate surface area is 120 Å². The van der Waals surface area contributed by atoms with Crippen molar-refractivity contribution < 1.29 is 9.18 Å². The van der Waals surface area contributed by atoms with E-state index in [0.29, 0.717) is 11.4 Å². The summed E-state index contributed by atoms with van der Waals surface area (Å²) in [7, 11) is 1.44. The molecule has 0 fully saturated rings. The molecular formula is C15H14FN3O2. The lowest BCUT2D eigenvalue weighted by atomic mass is 10.1. The van der Waals surface area contributed by atoms with Crippen molar-refractivity contribution in [1.82, 2.24) is 15.3 Å². The average molecular weight is 287 g/mol. The third-order valence-corrected chi connectivity index (χ3v) is 2.91. The molecule has 21 heavy (non-hydrogen) atoms. The number of H-pyrrole nitrogens is 1. The lowest BCUT2D eigenvalue weighted by Gasteiger charge is -2.00. The Hall–Kier alpha value is -2.76. The van der Waals surface area contributed by atoms with E-state index in [9.17, 15) is 14.0 Å². The molecule has 0 aliphatic heterocycles. The van der Waals surface area contributed by atoms with Crippen LogP contribution in [0.1, 0.15) is 27.3 Å². The number of benzene rings is 1. The van der Waals surface area contributed by atoms with Gasteiger partial charge in [-0.05, 0) is 36.3 Å². The minimum atomic E-state index is -0.515. The molecule has 2 aromatic rings. The van der Waals surface area contributed by atoms with E-state index in [1.165, 1.54) is 19.3 Å². The number of aryl methyl sites for hydroxylation is 1. The Morgan fingerprint density at radius 2 is 2.14 bits per heavy atom. The van der Waals surface area contributed by atoms with Crippen LogP contribution in [-0.4, -0.2) is 22.9 Å². The van der Waals surface area contributed by atoms with Crippen LogP contribution in [0, 0.1) is 12.7 Å². The Bertz CT molecular complexity index is 766. The van der Waals surface area contributed by atoms with Crippen LogP contribution in [0.5, 0.6) is 0 Å². The fourth-order valence-electron chi connectivity index (χ4n) is 1.74. The maximum absolute atomic E-state index is 13.1. The van der Waals surface area contributed by atoms with Crippen LogP contribution in [0.3, 0.4) is 0 Å². The summed E-state index contributed by atoms with van der Waals surface area (Å²) in [5.74, 6) is -0.448. The van der Waals surface area contributed by atoms with Crippen LogP contribution in [0.25, 0.3) is 12.2 Å². The molecule has 2 N–H and O–H groups in total. The van der Waals surface area contributed by atoms with Gasteiger partial charge in [-0.2, -0.15) is 0 Å². The van der Waals surface area contributed by atoms with Gasteiger partial charge in [-0.25, -0.2) is 9.37 Å². The van der Waals surface area contributed by atoms with Crippen LogP contribution < -0.4 is 10.9 Å². The summed E-state index contributed by atoms with van der Waals surface area (Å²) in [6.45, 7) is 1.67.